The fourth-order valence-corrected chi connectivity index (χ4v) is 3.22. The van der Waals surface area contributed by atoms with Crippen LogP contribution in [0.4, 0.5) is 0 Å². The van der Waals surface area contributed by atoms with Gasteiger partial charge in [0, 0.05) is 12.1 Å². The molecular formula is C16H23NO4. The third-order valence-corrected chi connectivity index (χ3v) is 4.54. The Hall–Kier alpha value is -1.78. The van der Waals surface area contributed by atoms with Crippen LogP contribution in [0.25, 0.3) is 0 Å². The Kier molecular flexibility index (Phi) is 4.70. The highest BCUT2D eigenvalue weighted by Gasteiger charge is 2.31. The van der Waals surface area contributed by atoms with Gasteiger partial charge in [0.15, 0.2) is 0 Å². The molecular weight excluding hydrogens is 270 g/mol. The fraction of sp³-hybridized carbons (Fsp3) is 0.625. The monoisotopic (exact) mass is 293 g/mol. The second-order valence-electron chi connectivity index (χ2n) is 5.91. The molecule has 1 aliphatic rings. The summed E-state index contributed by atoms with van der Waals surface area (Å²) in [4.78, 5) is 23.6. The van der Waals surface area contributed by atoms with E-state index in [4.69, 9.17) is 4.42 Å². The number of hydrogen-bond donors (Lipinski definition) is 2. The lowest BCUT2D eigenvalue weighted by atomic mass is 9.79. The van der Waals surface area contributed by atoms with E-state index in [0.717, 1.165) is 30.6 Å². The largest absolute Gasteiger partial charge is 0.481 e. The van der Waals surface area contributed by atoms with Crippen LogP contribution in [0.3, 0.4) is 0 Å². The first-order chi connectivity index (χ1) is 9.91. The van der Waals surface area contributed by atoms with Gasteiger partial charge in [0.25, 0.3) is 5.91 Å². The average molecular weight is 293 g/mol. The number of rotatable bonds is 4. The topological polar surface area (TPSA) is 79.5 Å². The van der Waals surface area contributed by atoms with Crippen LogP contribution in [-0.2, 0) is 4.79 Å². The number of aryl methyl sites for hydroxylation is 2. The number of amides is 1. The molecule has 0 saturated heterocycles. The first-order valence-electron chi connectivity index (χ1n) is 7.49. The van der Waals surface area contributed by atoms with Crippen LogP contribution in [0.5, 0.6) is 0 Å². The molecule has 1 aromatic rings. The van der Waals surface area contributed by atoms with Crippen molar-refractivity contribution >= 4 is 11.9 Å². The van der Waals surface area contributed by atoms with E-state index in [1.165, 1.54) is 0 Å². The second kappa shape index (κ2) is 6.33. The summed E-state index contributed by atoms with van der Waals surface area (Å²) < 4.78 is 5.46. The molecule has 0 aromatic carbocycles. The maximum Gasteiger partial charge on any atom is 0.306 e. The first-order valence-corrected chi connectivity index (χ1v) is 7.49. The number of furan rings is 1. The van der Waals surface area contributed by atoms with Crippen LogP contribution >= 0.6 is 0 Å². The highest BCUT2D eigenvalue weighted by Crippen LogP contribution is 2.30. The minimum absolute atomic E-state index is 0.0220. The van der Waals surface area contributed by atoms with Crippen molar-refractivity contribution in [2.45, 2.75) is 46.5 Å². The van der Waals surface area contributed by atoms with Gasteiger partial charge in [-0.15, -0.1) is 0 Å². The SMILES string of the molecule is Cc1oc(C)c(C(=O)NCC2CCCCC2C(=O)O)c1C. The van der Waals surface area contributed by atoms with Crippen LogP contribution in [0.15, 0.2) is 4.42 Å². The highest BCUT2D eigenvalue weighted by molar-refractivity contribution is 5.96. The van der Waals surface area contributed by atoms with Gasteiger partial charge in [0.2, 0.25) is 0 Å². The van der Waals surface area contributed by atoms with Crippen LogP contribution < -0.4 is 5.32 Å². The number of nitrogens with one attached hydrogen (secondary N) is 1. The van der Waals surface area contributed by atoms with Gasteiger partial charge in [-0.3, -0.25) is 9.59 Å². The molecule has 2 atom stereocenters. The van der Waals surface area contributed by atoms with E-state index in [0.29, 0.717) is 24.3 Å². The van der Waals surface area contributed by atoms with Gasteiger partial charge >= 0.3 is 5.97 Å². The Labute approximate surface area is 124 Å². The maximum absolute atomic E-state index is 12.3. The van der Waals surface area contributed by atoms with Crippen molar-refractivity contribution in [2.24, 2.45) is 11.8 Å². The molecule has 2 rings (SSSR count). The Morgan fingerprint density at radius 3 is 2.43 bits per heavy atom. The van der Waals surface area contributed by atoms with Crippen molar-refractivity contribution in [2.75, 3.05) is 6.54 Å². The second-order valence-corrected chi connectivity index (χ2v) is 5.91. The normalized spacial score (nSPS) is 22.0. The van der Waals surface area contributed by atoms with Gasteiger partial charge < -0.3 is 14.8 Å². The predicted octanol–water partition coefficient (Wildman–Crippen LogP) is 2.83. The number of carboxylic acids is 1. The van der Waals surface area contributed by atoms with Gasteiger partial charge in [-0.05, 0) is 39.5 Å². The van der Waals surface area contributed by atoms with Gasteiger partial charge in [-0.1, -0.05) is 12.8 Å². The van der Waals surface area contributed by atoms with E-state index >= 15 is 0 Å². The molecule has 0 spiro atoms. The smallest absolute Gasteiger partial charge is 0.306 e. The summed E-state index contributed by atoms with van der Waals surface area (Å²) in [5, 5.41) is 12.1. The molecule has 2 N–H and O–H groups in total. The molecule has 1 heterocycles. The molecule has 2 unspecified atom stereocenters. The van der Waals surface area contributed by atoms with Crippen molar-refractivity contribution in [3.63, 3.8) is 0 Å². The van der Waals surface area contributed by atoms with Crippen molar-refractivity contribution in [3.8, 4) is 0 Å². The van der Waals surface area contributed by atoms with Crippen LogP contribution in [0, 0.1) is 32.6 Å². The van der Waals surface area contributed by atoms with Gasteiger partial charge in [0.05, 0.1) is 11.5 Å². The lowest BCUT2D eigenvalue weighted by Gasteiger charge is -2.28. The van der Waals surface area contributed by atoms with E-state index < -0.39 is 5.97 Å². The third-order valence-electron chi connectivity index (χ3n) is 4.54. The summed E-state index contributed by atoms with van der Waals surface area (Å²) in [5.74, 6) is 0.123. The average Bonchev–Trinajstić information content (AvgIpc) is 2.70. The first kappa shape index (κ1) is 15.6. The molecule has 1 aliphatic carbocycles. The van der Waals surface area contributed by atoms with E-state index in [9.17, 15) is 14.7 Å². The van der Waals surface area contributed by atoms with Crippen molar-refractivity contribution in [3.05, 3.63) is 22.6 Å². The molecule has 1 aromatic heterocycles. The zero-order valence-corrected chi connectivity index (χ0v) is 12.9. The Balaban J connectivity index is 2.01. The summed E-state index contributed by atoms with van der Waals surface area (Å²) in [7, 11) is 0. The standard InChI is InChI=1S/C16H23NO4/c1-9-10(2)21-11(3)14(9)15(18)17-8-12-6-4-5-7-13(12)16(19)20/h12-13H,4-8H2,1-3H3,(H,17,18)(H,19,20). The van der Waals surface area contributed by atoms with Crippen LogP contribution in [0.2, 0.25) is 0 Å². The van der Waals surface area contributed by atoms with Gasteiger partial charge in [-0.2, -0.15) is 0 Å². The summed E-state index contributed by atoms with van der Waals surface area (Å²) in [6.45, 7) is 5.89. The number of carboxylic acid groups (broad SMARTS) is 1. The quantitative estimate of drug-likeness (QED) is 0.894. The third kappa shape index (κ3) is 3.28. The molecule has 0 aliphatic heterocycles. The Morgan fingerprint density at radius 2 is 1.86 bits per heavy atom. The van der Waals surface area contributed by atoms with Crippen molar-refractivity contribution in [1.82, 2.24) is 5.32 Å². The Bertz CT molecular complexity index is 547. The lowest BCUT2D eigenvalue weighted by molar-refractivity contribution is -0.144. The minimum atomic E-state index is -0.750. The highest BCUT2D eigenvalue weighted by atomic mass is 16.4. The van der Waals surface area contributed by atoms with Crippen molar-refractivity contribution < 1.29 is 19.1 Å². The summed E-state index contributed by atoms with van der Waals surface area (Å²) in [5.41, 5.74) is 1.43. The van der Waals surface area contributed by atoms with Gasteiger partial charge in [0.1, 0.15) is 11.5 Å². The molecule has 5 heteroatoms. The van der Waals surface area contributed by atoms with Crippen LogP contribution in [0.1, 0.15) is 53.1 Å². The zero-order chi connectivity index (χ0) is 15.6. The molecule has 1 amide bonds. The lowest BCUT2D eigenvalue weighted by Crippen LogP contribution is -2.37. The molecule has 0 bridgehead atoms. The van der Waals surface area contributed by atoms with Gasteiger partial charge in [-0.25, -0.2) is 0 Å². The fourth-order valence-electron chi connectivity index (χ4n) is 3.22. The molecule has 5 nitrogen and oxygen atoms in total. The number of carbonyl (C=O) groups excluding carboxylic acids is 1. The molecule has 116 valence electrons. The van der Waals surface area contributed by atoms with E-state index in [1.807, 2.05) is 13.8 Å². The number of carbonyl (C=O) groups is 2. The summed E-state index contributed by atoms with van der Waals surface area (Å²) in [6, 6.07) is 0. The molecule has 0 radical (unpaired) electrons. The van der Waals surface area contributed by atoms with Crippen LogP contribution in [-0.4, -0.2) is 23.5 Å². The van der Waals surface area contributed by atoms with E-state index in [1.54, 1.807) is 6.92 Å². The number of aliphatic carboxylic acids is 1. The summed E-state index contributed by atoms with van der Waals surface area (Å²) >= 11 is 0. The zero-order valence-electron chi connectivity index (χ0n) is 12.9. The molecule has 21 heavy (non-hydrogen) atoms. The Morgan fingerprint density at radius 1 is 1.19 bits per heavy atom. The molecule has 1 saturated carbocycles. The van der Waals surface area contributed by atoms with E-state index in [2.05, 4.69) is 5.32 Å². The minimum Gasteiger partial charge on any atom is -0.481 e. The summed E-state index contributed by atoms with van der Waals surface area (Å²) in [6.07, 6.45) is 3.56. The maximum atomic E-state index is 12.3. The molecule has 1 fully saturated rings. The number of hydrogen-bond acceptors (Lipinski definition) is 3. The predicted molar refractivity (Wildman–Crippen MR) is 78.3 cm³/mol. The van der Waals surface area contributed by atoms with Crippen molar-refractivity contribution in [1.29, 1.82) is 0 Å². The van der Waals surface area contributed by atoms with E-state index in [-0.39, 0.29) is 17.7 Å².